The zero-order valence-corrected chi connectivity index (χ0v) is 13.6. The van der Waals surface area contributed by atoms with Crippen LogP contribution in [-0.2, 0) is 16.4 Å². The van der Waals surface area contributed by atoms with Crippen molar-refractivity contribution >= 4 is 27.5 Å². The molecule has 3 nitrogen and oxygen atoms in total. The Kier molecular flexibility index (Phi) is 5.70. The van der Waals surface area contributed by atoms with E-state index in [0.717, 1.165) is 16.2 Å². The summed E-state index contributed by atoms with van der Waals surface area (Å²) < 4.78 is 26.8. The van der Waals surface area contributed by atoms with E-state index in [-0.39, 0.29) is 5.75 Å². The minimum Gasteiger partial charge on any atom is -0.284 e. The van der Waals surface area contributed by atoms with Crippen molar-refractivity contribution in [2.75, 3.05) is 16.2 Å². The third-order valence-electron chi connectivity index (χ3n) is 2.94. The third kappa shape index (κ3) is 5.44. The second-order valence-electron chi connectivity index (χ2n) is 4.61. The number of nitrogens with one attached hydrogen (secondary N) is 1. The van der Waals surface area contributed by atoms with Crippen molar-refractivity contribution in [2.24, 2.45) is 0 Å². The molecule has 2 aromatic carbocycles. The molecular formula is C16H19NO2S2. The average Bonchev–Trinajstić information content (AvgIpc) is 2.48. The van der Waals surface area contributed by atoms with Gasteiger partial charge in [0, 0.05) is 10.6 Å². The molecule has 0 aliphatic heterocycles. The minimum absolute atomic E-state index is 0.0858. The Labute approximate surface area is 130 Å². The average molecular weight is 321 g/mol. The highest BCUT2D eigenvalue weighted by molar-refractivity contribution is 7.99. The molecule has 0 radical (unpaired) electrons. The first kappa shape index (κ1) is 15.9. The van der Waals surface area contributed by atoms with Crippen LogP contribution in [0.1, 0.15) is 12.5 Å². The van der Waals surface area contributed by atoms with Crippen molar-refractivity contribution in [3.05, 3.63) is 60.2 Å². The van der Waals surface area contributed by atoms with Gasteiger partial charge in [0.15, 0.2) is 0 Å². The van der Waals surface area contributed by atoms with E-state index in [9.17, 15) is 8.42 Å². The van der Waals surface area contributed by atoms with Crippen molar-refractivity contribution in [2.45, 2.75) is 18.2 Å². The smallest absolute Gasteiger partial charge is 0.233 e. The Morgan fingerprint density at radius 1 is 1.00 bits per heavy atom. The number of rotatable bonds is 7. The maximum Gasteiger partial charge on any atom is 0.233 e. The zero-order valence-electron chi connectivity index (χ0n) is 12.0. The summed E-state index contributed by atoms with van der Waals surface area (Å²) in [6.45, 7) is 2.09. The van der Waals surface area contributed by atoms with Gasteiger partial charge in [-0.15, -0.1) is 11.8 Å². The lowest BCUT2D eigenvalue weighted by molar-refractivity contribution is 0.600. The molecule has 0 heterocycles. The van der Waals surface area contributed by atoms with Gasteiger partial charge in [-0.1, -0.05) is 37.3 Å². The Hall–Kier alpha value is -1.46. The van der Waals surface area contributed by atoms with E-state index < -0.39 is 10.0 Å². The van der Waals surface area contributed by atoms with Gasteiger partial charge < -0.3 is 0 Å². The molecule has 0 aromatic heterocycles. The third-order valence-corrected chi connectivity index (χ3v) is 5.12. The maximum atomic E-state index is 12.1. The van der Waals surface area contributed by atoms with Crippen molar-refractivity contribution in [3.8, 4) is 0 Å². The van der Waals surface area contributed by atoms with Crippen LogP contribution in [-0.4, -0.2) is 19.9 Å². The predicted molar refractivity (Wildman–Crippen MR) is 90.4 cm³/mol. The number of benzene rings is 2. The summed E-state index contributed by atoms with van der Waals surface area (Å²) in [5.41, 5.74) is 1.64. The SMILES string of the molecule is CCSc1ccc(NS(=O)(=O)CCc2ccccc2)cc1. The number of sulfonamides is 1. The van der Waals surface area contributed by atoms with Gasteiger partial charge in [-0.25, -0.2) is 8.42 Å². The van der Waals surface area contributed by atoms with Crippen LogP contribution in [0.5, 0.6) is 0 Å². The van der Waals surface area contributed by atoms with Gasteiger partial charge in [-0.05, 0) is 42.0 Å². The van der Waals surface area contributed by atoms with E-state index in [0.29, 0.717) is 12.1 Å². The summed E-state index contributed by atoms with van der Waals surface area (Å²) >= 11 is 1.73. The van der Waals surface area contributed by atoms with Crippen LogP contribution < -0.4 is 4.72 Å². The summed E-state index contributed by atoms with van der Waals surface area (Å²) in [5, 5.41) is 0. The molecule has 0 saturated carbocycles. The summed E-state index contributed by atoms with van der Waals surface area (Å²) in [6.07, 6.45) is 0.514. The van der Waals surface area contributed by atoms with Crippen molar-refractivity contribution in [1.82, 2.24) is 0 Å². The van der Waals surface area contributed by atoms with Gasteiger partial charge in [0.25, 0.3) is 0 Å². The summed E-state index contributed by atoms with van der Waals surface area (Å²) in [5.74, 6) is 1.09. The van der Waals surface area contributed by atoms with Crippen LogP contribution in [0.2, 0.25) is 0 Å². The first-order valence-electron chi connectivity index (χ1n) is 6.86. The van der Waals surface area contributed by atoms with Crippen molar-refractivity contribution in [3.63, 3.8) is 0 Å². The second-order valence-corrected chi connectivity index (χ2v) is 7.79. The number of anilines is 1. The lowest BCUT2D eigenvalue weighted by Gasteiger charge is -2.08. The molecule has 5 heteroatoms. The first-order chi connectivity index (χ1) is 10.1. The predicted octanol–water partition coefficient (Wildman–Crippen LogP) is 3.78. The molecule has 0 saturated heterocycles. The van der Waals surface area contributed by atoms with Gasteiger partial charge in [-0.3, -0.25) is 4.72 Å². The molecular weight excluding hydrogens is 302 g/mol. The van der Waals surface area contributed by atoms with E-state index in [1.807, 2.05) is 42.5 Å². The fourth-order valence-corrected chi connectivity index (χ4v) is 3.68. The van der Waals surface area contributed by atoms with Crippen LogP contribution in [0.3, 0.4) is 0 Å². The molecule has 2 aromatic rings. The van der Waals surface area contributed by atoms with Crippen LogP contribution in [0.4, 0.5) is 5.69 Å². The highest BCUT2D eigenvalue weighted by atomic mass is 32.2. The Bertz CT molecular complexity index is 652. The second kappa shape index (κ2) is 7.52. The molecule has 0 aliphatic carbocycles. The standard InChI is InChI=1S/C16H19NO2S2/c1-2-20-16-10-8-15(9-11-16)17-21(18,19)13-12-14-6-4-3-5-7-14/h3-11,17H,2,12-13H2,1H3. The molecule has 0 atom stereocenters. The fourth-order valence-electron chi connectivity index (χ4n) is 1.91. The highest BCUT2D eigenvalue weighted by Gasteiger charge is 2.10. The molecule has 0 unspecified atom stereocenters. The number of hydrogen-bond acceptors (Lipinski definition) is 3. The largest absolute Gasteiger partial charge is 0.284 e. The highest BCUT2D eigenvalue weighted by Crippen LogP contribution is 2.20. The molecule has 0 bridgehead atoms. The van der Waals surface area contributed by atoms with Crippen LogP contribution in [0.25, 0.3) is 0 Å². The molecule has 21 heavy (non-hydrogen) atoms. The van der Waals surface area contributed by atoms with Gasteiger partial charge in [-0.2, -0.15) is 0 Å². The molecule has 112 valence electrons. The Morgan fingerprint density at radius 3 is 2.29 bits per heavy atom. The van der Waals surface area contributed by atoms with Crippen molar-refractivity contribution in [1.29, 1.82) is 0 Å². The van der Waals surface area contributed by atoms with E-state index >= 15 is 0 Å². The van der Waals surface area contributed by atoms with Crippen LogP contribution in [0, 0.1) is 0 Å². The summed E-state index contributed by atoms with van der Waals surface area (Å²) in [7, 11) is -3.31. The lowest BCUT2D eigenvalue weighted by atomic mass is 10.2. The molecule has 2 rings (SSSR count). The van der Waals surface area contributed by atoms with E-state index in [1.54, 1.807) is 23.9 Å². The monoisotopic (exact) mass is 321 g/mol. The lowest BCUT2D eigenvalue weighted by Crippen LogP contribution is -2.18. The zero-order chi connectivity index (χ0) is 15.1. The van der Waals surface area contributed by atoms with Gasteiger partial charge in [0.05, 0.1) is 5.75 Å². The normalized spacial score (nSPS) is 11.3. The van der Waals surface area contributed by atoms with Crippen molar-refractivity contribution < 1.29 is 8.42 Å². The quantitative estimate of drug-likeness (QED) is 0.789. The Morgan fingerprint density at radius 2 is 1.67 bits per heavy atom. The topological polar surface area (TPSA) is 46.2 Å². The maximum absolute atomic E-state index is 12.1. The van der Waals surface area contributed by atoms with Crippen LogP contribution in [0.15, 0.2) is 59.5 Å². The van der Waals surface area contributed by atoms with E-state index in [4.69, 9.17) is 0 Å². The molecule has 0 aliphatic rings. The van der Waals surface area contributed by atoms with Crippen LogP contribution >= 0.6 is 11.8 Å². The molecule has 0 amide bonds. The number of thioether (sulfide) groups is 1. The summed E-state index contributed by atoms with van der Waals surface area (Å²) in [6, 6.07) is 17.1. The Balaban J connectivity index is 1.94. The first-order valence-corrected chi connectivity index (χ1v) is 9.50. The summed E-state index contributed by atoms with van der Waals surface area (Å²) in [4.78, 5) is 1.14. The van der Waals surface area contributed by atoms with Gasteiger partial charge >= 0.3 is 0 Å². The van der Waals surface area contributed by atoms with Gasteiger partial charge in [0.2, 0.25) is 10.0 Å². The fraction of sp³-hybridized carbons (Fsp3) is 0.250. The van der Waals surface area contributed by atoms with Gasteiger partial charge in [0.1, 0.15) is 0 Å². The van der Waals surface area contributed by atoms with E-state index in [1.165, 1.54) is 0 Å². The van der Waals surface area contributed by atoms with E-state index in [2.05, 4.69) is 11.6 Å². The molecule has 1 N–H and O–H groups in total. The number of hydrogen-bond donors (Lipinski definition) is 1. The minimum atomic E-state index is -3.31. The molecule has 0 spiro atoms. The molecule has 0 fully saturated rings. The number of aryl methyl sites for hydroxylation is 1.